The van der Waals surface area contributed by atoms with Crippen molar-refractivity contribution in [3.63, 3.8) is 0 Å². The van der Waals surface area contributed by atoms with E-state index in [4.69, 9.17) is 13.8 Å². The normalized spacial score (nSPS) is 18.9. The highest BCUT2D eigenvalue weighted by Gasteiger charge is 2.47. The van der Waals surface area contributed by atoms with Crippen LogP contribution in [-0.4, -0.2) is 36.6 Å². The third-order valence-corrected chi connectivity index (χ3v) is 5.28. The third-order valence-electron chi connectivity index (χ3n) is 3.09. The van der Waals surface area contributed by atoms with Gasteiger partial charge in [-0.25, -0.2) is 14.0 Å². The molecule has 1 aromatic carbocycles. The lowest BCUT2D eigenvalue weighted by atomic mass is 10.1. The molecule has 0 unspecified atom stereocenters. The molecule has 1 atom stereocenters. The SMILES string of the molecule is CCOP(=O)(OCC)N1C(=O)OC[C@@H]1Cc1ccccc1. The van der Waals surface area contributed by atoms with Crippen LogP contribution >= 0.6 is 7.75 Å². The number of carbonyl (C=O) groups is 1. The van der Waals surface area contributed by atoms with Gasteiger partial charge in [-0.05, 0) is 25.8 Å². The molecule has 0 saturated carbocycles. The molecule has 1 amide bonds. The molecule has 1 fully saturated rings. The van der Waals surface area contributed by atoms with Crippen molar-refractivity contribution in [3.8, 4) is 0 Å². The van der Waals surface area contributed by atoms with Crippen LogP contribution in [0.4, 0.5) is 4.79 Å². The van der Waals surface area contributed by atoms with E-state index in [1.165, 1.54) is 0 Å². The molecule has 2 rings (SSSR count). The van der Waals surface area contributed by atoms with Crippen LogP contribution in [0.25, 0.3) is 0 Å². The molecular weight excluding hydrogens is 293 g/mol. The van der Waals surface area contributed by atoms with E-state index in [9.17, 15) is 9.36 Å². The van der Waals surface area contributed by atoms with Crippen LogP contribution in [0, 0.1) is 0 Å². The van der Waals surface area contributed by atoms with Crippen LogP contribution in [0.5, 0.6) is 0 Å². The number of amides is 1. The lowest BCUT2D eigenvalue weighted by molar-refractivity contribution is 0.149. The number of carbonyl (C=O) groups excluding carboxylic acids is 1. The van der Waals surface area contributed by atoms with Crippen LogP contribution < -0.4 is 0 Å². The second-order valence-corrected chi connectivity index (χ2v) is 6.45. The summed E-state index contributed by atoms with van der Waals surface area (Å²) in [5, 5.41) is 0. The summed E-state index contributed by atoms with van der Waals surface area (Å²) in [7, 11) is -3.66. The highest BCUT2D eigenvalue weighted by molar-refractivity contribution is 7.52. The minimum Gasteiger partial charge on any atom is -0.447 e. The first-order chi connectivity index (χ1) is 10.1. The van der Waals surface area contributed by atoms with Gasteiger partial charge >= 0.3 is 13.8 Å². The number of benzene rings is 1. The predicted molar refractivity (Wildman–Crippen MR) is 78.0 cm³/mol. The Morgan fingerprint density at radius 3 is 2.43 bits per heavy atom. The zero-order valence-corrected chi connectivity index (χ0v) is 13.1. The number of ether oxygens (including phenoxy) is 1. The van der Waals surface area contributed by atoms with E-state index in [0.717, 1.165) is 10.2 Å². The number of hydrogen-bond donors (Lipinski definition) is 0. The summed E-state index contributed by atoms with van der Waals surface area (Å²) in [5.74, 6) is 0. The summed E-state index contributed by atoms with van der Waals surface area (Å²) >= 11 is 0. The Bertz CT molecular complexity index is 511. The van der Waals surface area contributed by atoms with Gasteiger partial charge < -0.3 is 4.74 Å². The van der Waals surface area contributed by atoms with Crippen molar-refractivity contribution in [2.45, 2.75) is 26.3 Å². The van der Waals surface area contributed by atoms with Crippen LogP contribution in [0.15, 0.2) is 30.3 Å². The Morgan fingerprint density at radius 1 is 1.24 bits per heavy atom. The summed E-state index contributed by atoms with van der Waals surface area (Å²) < 4.78 is 29.5. The largest absolute Gasteiger partial charge is 0.447 e. The van der Waals surface area contributed by atoms with Crippen LogP contribution in [-0.2, 0) is 24.8 Å². The van der Waals surface area contributed by atoms with Gasteiger partial charge in [0.2, 0.25) is 0 Å². The predicted octanol–water partition coefficient (Wildman–Crippen LogP) is 3.23. The standard InChI is InChI=1S/C14H20NO5P/c1-3-19-21(17,20-4-2)15-13(11-18-14(15)16)10-12-8-6-5-7-9-12/h5-9,13H,3-4,10-11H2,1-2H3/t13-/m0/s1. The summed E-state index contributed by atoms with van der Waals surface area (Å²) in [6.07, 6.45) is -0.113. The molecule has 0 aromatic heterocycles. The summed E-state index contributed by atoms with van der Waals surface area (Å²) in [4.78, 5) is 11.9. The first kappa shape index (κ1) is 16.0. The summed E-state index contributed by atoms with van der Waals surface area (Å²) in [5.41, 5.74) is 1.03. The van der Waals surface area contributed by atoms with Gasteiger partial charge in [0, 0.05) is 0 Å². The lowest BCUT2D eigenvalue weighted by Crippen LogP contribution is -2.34. The zero-order valence-electron chi connectivity index (χ0n) is 12.2. The van der Waals surface area contributed by atoms with Gasteiger partial charge in [0.15, 0.2) is 0 Å². The van der Waals surface area contributed by atoms with E-state index >= 15 is 0 Å². The molecular formula is C14H20NO5P. The molecule has 116 valence electrons. The second kappa shape index (κ2) is 7.07. The van der Waals surface area contributed by atoms with Crippen molar-refractivity contribution in [1.82, 2.24) is 4.67 Å². The van der Waals surface area contributed by atoms with Crippen molar-refractivity contribution in [1.29, 1.82) is 0 Å². The maximum atomic E-state index is 12.8. The summed E-state index contributed by atoms with van der Waals surface area (Å²) in [6, 6.07) is 9.30. The molecule has 1 aliphatic heterocycles. The fourth-order valence-corrected chi connectivity index (χ4v) is 4.05. The molecule has 1 aromatic rings. The van der Waals surface area contributed by atoms with E-state index in [0.29, 0.717) is 6.42 Å². The van der Waals surface area contributed by atoms with E-state index in [1.807, 2.05) is 30.3 Å². The van der Waals surface area contributed by atoms with Crippen LogP contribution in [0.1, 0.15) is 19.4 Å². The Balaban J connectivity index is 2.21. The molecule has 0 aliphatic carbocycles. The lowest BCUT2D eigenvalue weighted by Gasteiger charge is -2.28. The van der Waals surface area contributed by atoms with Gasteiger partial charge in [-0.15, -0.1) is 0 Å². The highest BCUT2D eigenvalue weighted by Crippen LogP contribution is 2.55. The number of cyclic esters (lactones) is 1. The zero-order chi connectivity index (χ0) is 15.3. The van der Waals surface area contributed by atoms with E-state index in [-0.39, 0.29) is 25.9 Å². The smallest absolute Gasteiger partial charge is 0.440 e. The molecule has 0 spiro atoms. The monoisotopic (exact) mass is 313 g/mol. The molecule has 7 heteroatoms. The van der Waals surface area contributed by atoms with E-state index in [1.54, 1.807) is 13.8 Å². The minimum absolute atomic E-state index is 0.178. The molecule has 0 N–H and O–H groups in total. The highest BCUT2D eigenvalue weighted by atomic mass is 31.2. The maximum Gasteiger partial charge on any atom is 0.440 e. The third kappa shape index (κ3) is 3.64. The van der Waals surface area contributed by atoms with Gasteiger partial charge in [-0.1, -0.05) is 30.3 Å². The van der Waals surface area contributed by atoms with Crippen molar-refractivity contribution in [2.24, 2.45) is 0 Å². The van der Waals surface area contributed by atoms with Crippen molar-refractivity contribution < 1.29 is 23.1 Å². The average Bonchev–Trinajstić information content (AvgIpc) is 2.82. The number of rotatable bonds is 7. The fraction of sp³-hybridized carbons (Fsp3) is 0.500. The van der Waals surface area contributed by atoms with E-state index in [2.05, 4.69) is 0 Å². The number of hydrogen-bond acceptors (Lipinski definition) is 5. The Morgan fingerprint density at radius 2 is 1.86 bits per heavy atom. The Labute approximate surface area is 124 Å². The fourth-order valence-electron chi connectivity index (χ4n) is 2.27. The summed E-state index contributed by atoms with van der Waals surface area (Å²) in [6.45, 7) is 3.98. The van der Waals surface area contributed by atoms with Gasteiger partial charge in [-0.2, -0.15) is 0 Å². The Kier molecular flexibility index (Phi) is 5.39. The second-order valence-electron chi connectivity index (χ2n) is 4.57. The van der Waals surface area contributed by atoms with Crippen molar-refractivity contribution in [3.05, 3.63) is 35.9 Å². The van der Waals surface area contributed by atoms with Gasteiger partial charge in [-0.3, -0.25) is 9.05 Å². The van der Waals surface area contributed by atoms with E-state index < -0.39 is 13.8 Å². The molecule has 1 saturated heterocycles. The van der Waals surface area contributed by atoms with Crippen LogP contribution in [0.2, 0.25) is 0 Å². The van der Waals surface area contributed by atoms with Crippen molar-refractivity contribution >= 4 is 13.8 Å². The van der Waals surface area contributed by atoms with Gasteiger partial charge in [0.05, 0.1) is 19.3 Å². The molecule has 1 aliphatic rings. The molecule has 1 heterocycles. The minimum atomic E-state index is -3.66. The first-order valence-electron chi connectivity index (χ1n) is 7.00. The topological polar surface area (TPSA) is 65.1 Å². The van der Waals surface area contributed by atoms with Gasteiger partial charge in [0.25, 0.3) is 0 Å². The Hall–Kier alpha value is -1.36. The first-order valence-corrected chi connectivity index (χ1v) is 8.49. The van der Waals surface area contributed by atoms with Crippen molar-refractivity contribution in [2.75, 3.05) is 19.8 Å². The molecule has 21 heavy (non-hydrogen) atoms. The average molecular weight is 313 g/mol. The molecule has 0 bridgehead atoms. The van der Waals surface area contributed by atoms with Gasteiger partial charge in [0.1, 0.15) is 6.61 Å². The molecule has 6 nitrogen and oxygen atoms in total. The maximum absolute atomic E-state index is 12.8. The quantitative estimate of drug-likeness (QED) is 0.723. The number of nitrogens with zero attached hydrogens (tertiary/aromatic N) is 1. The molecule has 0 radical (unpaired) electrons. The van der Waals surface area contributed by atoms with Crippen LogP contribution in [0.3, 0.4) is 0 Å².